The molecule has 0 atom stereocenters. The van der Waals surface area contributed by atoms with E-state index in [1.807, 2.05) is 7.05 Å². The number of hydrogen-bond donors (Lipinski definition) is 2. The highest BCUT2D eigenvalue weighted by Crippen LogP contribution is 2.08. The van der Waals surface area contributed by atoms with E-state index in [1.165, 1.54) is 6.07 Å². The molecular formula is C17H27FN4O. The summed E-state index contributed by atoms with van der Waals surface area (Å²) in [6.07, 6.45) is 2.23. The number of aliphatic imine (C=N–C) groups is 1. The van der Waals surface area contributed by atoms with Gasteiger partial charge >= 0.3 is 0 Å². The van der Waals surface area contributed by atoms with Gasteiger partial charge in [0.2, 0.25) is 0 Å². The molecule has 0 aliphatic heterocycles. The number of carbonyl (C=O) groups excluding carboxylic acids is 1. The van der Waals surface area contributed by atoms with Crippen LogP contribution < -0.4 is 10.6 Å². The molecule has 0 unspecified atom stereocenters. The molecule has 6 heteroatoms. The minimum absolute atomic E-state index is 0.278. The zero-order valence-electron chi connectivity index (χ0n) is 14.4. The van der Waals surface area contributed by atoms with Gasteiger partial charge in [0.15, 0.2) is 5.96 Å². The number of nitrogens with one attached hydrogen (secondary N) is 2. The van der Waals surface area contributed by atoms with Crippen LogP contribution >= 0.6 is 0 Å². The molecule has 0 aliphatic rings. The standard InChI is InChI=1S/C17H27FN4O/c1-5-6-11-22(4)17(19-3)21-10-9-20-16(23)14-8-7-13(2)15(18)12-14/h7-8,12H,5-6,9-11H2,1-4H3,(H,19,21)(H,20,23). The molecule has 5 nitrogen and oxygen atoms in total. The van der Waals surface area contributed by atoms with Gasteiger partial charge in [-0.05, 0) is 31.0 Å². The number of halogens is 1. The van der Waals surface area contributed by atoms with E-state index in [0.717, 1.165) is 25.3 Å². The van der Waals surface area contributed by atoms with Crippen molar-refractivity contribution < 1.29 is 9.18 Å². The van der Waals surface area contributed by atoms with Crippen LogP contribution in [0.25, 0.3) is 0 Å². The van der Waals surface area contributed by atoms with Gasteiger partial charge in [-0.15, -0.1) is 0 Å². The fourth-order valence-electron chi connectivity index (χ4n) is 2.07. The van der Waals surface area contributed by atoms with Crippen LogP contribution in [0.15, 0.2) is 23.2 Å². The van der Waals surface area contributed by atoms with E-state index >= 15 is 0 Å². The quantitative estimate of drug-likeness (QED) is 0.459. The van der Waals surface area contributed by atoms with Crippen LogP contribution in [0.3, 0.4) is 0 Å². The lowest BCUT2D eigenvalue weighted by Gasteiger charge is -2.21. The van der Waals surface area contributed by atoms with Crippen molar-refractivity contribution in [2.24, 2.45) is 4.99 Å². The van der Waals surface area contributed by atoms with Crippen molar-refractivity contribution in [2.75, 3.05) is 33.7 Å². The summed E-state index contributed by atoms with van der Waals surface area (Å²) in [5.41, 5.74) is 0.861. The first-order chi connectivity index (χ1) is 11.0. The Labute approximate surface area is 138 Å². The zero-order valence-corrected chi connectivity index (χ0v) is 14.4. The Kier molecular flexibility index (Phi) is 8.08. The summed E-state index contributed by atoms with van der Waals surface area (Å²) in [5.74, 6) is 0.155. The normalized spacial score (nSPS) is 11.3. The van der Waals surface area contributed by atoms with Crippen LogP contribution in [0.4, 0.5) is 4.39 Å². The second-order valence-corrected chi connectivity index (χ2v) is 5.47. The lowest BCUT2D eigenvalue weighted by molar-refractivity contribution is 0.0954. The average molecular weight is 322 g/mol. The molecule has 1 rings (SSSR count). The lowest BCUT2D eigenvalue weighted by atomic mass is 10.1. The Morgan fingerprint density at radius 1 is 1.30 bits per heavy atom. The van der Waals surface area contributed by atoms with Crippen LogP contribution in [-0.4, -0.2) is 50.5 Å². The first kappa shape index (κ1) is 18.9. The molecule has 0 fully saturated rings. The van der Waals surface area contributed by atoms with Crippen molar-refractivity contribution in [1.29, 1.82) is 0 Å². The summed E-state index contributed by atoms with van der Waals surface area (Å²) < 4.78 is 13.5. The number of amides is 1. The molecule has 2 N–H and O–H groups in total. The maximum atomic E-state index is 13.5. The van der Waals surface area contributed by atoms with E-state index in [1.54, 1.807) is 26.1 Å². The van der Waals surface area contributed by atoms with Gasteiger partial charge in [-0.2, -0.15) is 0 Å². The highest BCUT2D eigenvalue weighted by Gasteiger charge is 2.08. The summed E-state index contributed by atoms with van der Waals surface area (Å²) in [6.45, 7) is 5.75. The smallest absolute Gasteiger partial charge is 0.251 e. The number of nitrogens with zero attached hydrogens (tertiary/aromatic N) is 2. The van der Waals surface area contributed by atoms with Crippen molar-refractivity contribution >= 4 is 11.9 Å². The Hall–Kier alpha value is -2.11. The molecule has 23 heavy (non-hydrogen) atoms. The first-order valence-electron chi connectivity index (χ1n) is 7.95. The number of hydrogen-bond acceptors (Lipinski definition) is 2. The second kappa shape index (κ2) is 9.82. The molecular weight excluding hydrogens is 295 g/mol. The Morgan fingerprint density at radius 2 is 2.00 bits per heavy atom. The van der Waals surface area contributed by atoms with Gasteiger partial charge in [0.05, 0.1) is 0 Å². The third-order valence-electron chi connectivity index (χ3n) is 3.55. The van der Waals surface area contributed by atoms with Gasteiger partial charge in [0.1, 0.15) is 5.82 Å². The van der Waals surface area contributed by atoms with Crippen LogP contribution in [0.5, 0.6) is 0 Å². The molecule has 0 heterocycles. The molecule has 0 saturated carbocycles. The van der Waals surface area contributed by atoms with E-state index < -0.39 is 0 Å². The Bertz CT molecular complexity index is 545. The monoisotopic (exact) mass is 322 g/mol. The topological polar surface area (TPSA) is 56.7 Å². The van der Waals surface area contributed by atoms with Crippen LogP contribution in [0.1, 0.15) is 35.7 Å². The number of guanidine groups is 1. The van der Waals surface area contributed by atoms with E-state index in [4.69, 9.17) is 0 Å². The predicted molar refractivity (Wildman–Crippen MR) is 92.4 cm³/mol. The van der Waals surface area contributed by atoms with E-state index in [2.05, 4.69) is 27.4 Å². The minimum atomic E-state index is -0.367. The largest absolute Gasteiger partial charge is 0.354 e. The molecule has 0 bridgehead atoms. The number of unbranched alkanes of at least 4 members (excludes halogenated alkanes) is 1. The predicted octanol–water partition coefficient (Wildman–Crippen LogP) is 2.17. The van der Waals surface area contributed by atoms with E-state index in [9.17, 15) is 9.18 Å². The van der Waals surface area contributed by atoms with Crippen LogP contribution in [-0.2, 0) is 0 Å². The Morgan fingerprint density at radius 3 is 2.61 bits per heavy atom. The molecule has 0 aromatic heterocycles. The van der Waals surface area contributed by atoms with Gasteiger partial charge < -0.3 is 15.5 Å². The lowest BCUT2D eigenvalue weighted by Crippen LogP contribution is -2.42. The van der Waals surface area contributed by atoms with Gasteiger partial charge in [-0.25, -0.2) is 4.39 Å². The molecule has 1 amide bonds. The van der Waals surface area contributed by atoms with Crippen molar-refractivity contribution in [3.05, 3.63) is 35.1 Å². The number of carbonyl (C=O) groups is 1. The fourth-order valence-corrected chi connectivity index (χ4v) is 2.07. The zero-order chi connectivity index (χ0) is 17.2. The van der Waals surface area contributed by atoms with Gasteiger partial charge in [-0.3, -0.25) is 9.79 Å². The summed E-state index contributed by atoms with van der Waals surface area (Å²) in [7, 11) is 3.72. The van der Waals surface area contributed by atoms with Gasteiger partial charge in [0, 0.05) is 39.3 Å². The summed E-state index contributed by atoms with van der Waals surface area (Å²) >= 11 is 0. The molecule has 128 valence electrons. The van der Waals surface area contributed by atoms with E-state index in [-0.39, 0.29) is 11.7 Å². The SMILES string of the molecule is CCCCN(C)C(=NC)NCCNC(=O)c1ccc(C)c(F)c1. The van der Waals surface area contributed by atoms with Gasteiger partial charge in [-0.1, -0.05) is 19.4 Å². The summed E-state index contributed by atoms with van der Waals surface area (Å²) in [6, 6.07) is 4.49. The van der Waals surface area contributed by atoms with Crippen LogP contribution in [0.2, 0.25) is 0 Å². The Balaban J connectivity index is 2.38. The van der Waals surface area contributed by atoms with E-state index in [0.29, 0.717) is 24.2 Å². The average Bonchev–Trinajstić information content (AvgIpc) is 2.55. The maximum Gasteiger partial charge on any atom is 0.251 e. The van der Waals surface area contributed by atoms with Crippen molar-refractivity contribution in [3.8, 4) is 0 Å². The van der Waals surface area contributed by atoms with Gasteiger partial charge in [0.25, 0.3) is 5.91 Å². The van der Waals surface area contributed by atoms with Crippen molar-refractivity contribution in [1.82, 2.24) is 15.5 Å². The summed E-state index contributed by atoms with van der Waals surface area (Å²) in [5, 5.41) is 5.96. The van der Waals surface area contributed by atoms with Crippen LogP contribution in [0, 0.1) is 12.7 Å². The molecule has 0 saturated heterocycles. The second-order valence-electron chi connectivity index (χ2n) is 5.47. The third-order valence-corrected chi connectivity index (χ3v) is 3.55. The highest BCUT2D eigenvalue weighted by molar-refractivity contribution is 5.94. The minimum Gasteiger partial charge on any atom is -0.354 e. The maximum absolute atomic E-state index is 13.5. The number of benzene rings is 1. The highest BCUT2D eigenvalue weighted by atomic mass is 19.1. The van der Waals surface area contributed by atoms with Crippen molar-refractivity contribution in [3.63, 3.8) is 0 Å². The molecule has 1 aromatic carbocycles. The molecule has 1 aromatic rings. The fraction of sp³-hybridized carbons (Fsp3) is 0.529. The van der Waals surface area contributed by atoms with Crippen molar-refractivity contribution in [2.45, 2.75) is 26.7 Å². The molecule has 0 radical (unpaired) electrons. The molecule has 0 aliphatic carbocycles. The summed E-state index contributed by atoms with van der Waals surface area (Å²) in [4.78, 5) is 18.2. The number of rotatable bonds is 7. The first-order valence-corrected chi connectivity index (χ1v) is 7.95. The number of aryl methyl sites for hydroxylation is 1. The molecule has 0 spiro atoms. The third kappa shape index (κ3) is 6.26.